The summed E-state index contributed by atoms with van der Waals surface area (Å²) < 4.78 is 10.6. The average molecular weight is 249 g/mol. The second-order valence-electron chi connectivity index (χ2n) is 5.41. The van der Waals surface area contributed by atoms with Crippen LogP contribution in [0.2, 0.25) is 0 Å². The van der Waals surface area contributed by atoms with Gasteiger partial charge in [-0.2, -0.15) is 4.98 Å². The lowest BCUT2D eigenvalue weighted by atomic mass is 9.87. The van der Waals surface area contributed by atoms with Crippen LogP contribution in [-0.2, 0) is 6.42 Å². The average Bonchev–Trinajstić information content (AvgIpc) is 2.94. The van der Waals surface area contributed by atoms with Crippen molar-refractivity contribution in [1.82, 2.24) is 10.1 Å². The topological polar surface area (TPSA) is 78.1 Å². The zero-order valence-corrected chi connectivity index (χ0v) is 11.2. The van der Waals surface area contributed by atoms with E-state index in [0.29, 0.717) is 11.7 Å². The van der Waals surface area contributed by atoms with E-state index < -0.39 is 0 Å². The summed E-state index contributed by atoms with van der Waals surface area (Å²) in [7, 11) is 0. The summed E-state index contributed by atoms with van der Waals surface area (Å²) in [6, 6.07) is 1.57. The van der Waals surface area contributed by atoms with Crippen molar-refractivity contribution in [2.24, 2.45) is 11.1 Å². The van der Waals surface area contributed by atoms with Crippen LogP contribution in [0.15, 0.2) is 21.3 Å². The van der Waals surface area contributed by atoms with E-state index in [1.807, 2.05) is 33.8 Å². The van der Waals surface area contributed by atoms with E-state index in [2.05, 4.69) is 10.1 Å². The van der Waals surface area contributed by atoms with E-state index in [-0.39, 0.29) is 11.5 Å². The Morgan fingerprint density at radius 2 is 2.11 bits per heavy atom. The standard InChI is InChI=1S/C13H19N3O2/c1-5-9-8(6-7-17-9)12-15-11(16-18-12)10(14)13(2,3)4/h6-7,10H,5,14H2,1-4H3. The molecule has 98 valence electrons. The normalized spacial score (nSPS) is 13.8. The molecule has 0 aliphatic carbocycles. The molecule has 2 aromatic rings. The number of nitrogens with zero attached hydrogens (tertiary/aromatic N) is 2. The Morgan fingerprint density at radius 3 is 2.72 bits per heavy atom. The molecule has 1 unspecified atom stereocenters. The largest absolute Gasteiger partial charge is 0.469 e. The Morgan fingerprint density at radius 1 is 1.39 bits per heavy atom. The third-order valence-corrected chi connectivity index (χ3v) is 2.95. The van der Waals surface area contributed by atoms with E-state index in [1.54, 1.807) is 6.26 Å². The van der Waals surface area contributed by atoms with Gasteiger partial charge >= 0.3 is 0 Å². The van der Waals surface area contributed by atoms with Crippen molar-refractivity contribution in [3.8, 4) is 11.5 Å². The van der Waals surface area contributed by atoms with Gasteiger partial charge in [0, 0.05) is 6.42 Å². The molecule has 2 N–H and O–H groups in total. The Bertz CT molecular complexity index is 522. The van der Waals surface area contributed by atoms with Gasteiger partial charge in [-0.25, -0.2) is 0 Å². The Balaban J connectivity index is 2.31. The van der Waals surface area contributed by atoms with Crippen molar-refractivity contribution in [1.29, 1.82) is 0 Å². The van der Waals surface area contributed by atoms with Gasteiger partial charge in [0.1, 0.15) is 5.76 Å². The molecule has 18 heavy (non-hydrogen) atoms. The second-order valence-corrected chi connectivity index (χ2v) is 5.41. The lowest BCUT2D eigenvalue weighted by Crippen LogP contribution is -2.27. The molecule has 0 saturated heterocycles. The molecule has 5 heteroatoms. The fourth-order valence-electron chi connectivity index (χ4n) is 1.66. The zero-order valence-electron chi connectivity index (χ0n) is 11.2. The smallest absolute Gasteiger partial charge is 0.261 e. The van der Waals surface area contributed by atoms with Crippen LogP contribution in [0.5, 0.6) is 0 Å². The molecule has 2 aromatic heterocycles. The Labute approximate surface area is 106 Å². The predicted octanol–water partition coefficient (Wildman–Crippen LogP) is 2.94. The maximum atomic E-state index is 6.10. The lowest BCUT2D eigenvalue weighted by molar-refractivity contribution is 0.303. The Hall–Kier alpha value is -1.62. The minimum atomic E-state index is -0.257. The molecule has 0 fully saturated rings. The van der Waals surface area contributed by atoms with Gasteiger partial charge in [-0.1, -0.05) is 32.9 Å². The SMILES string of the molecule is CCc1occc1-c1nc(C(N)C(C)(C)C)no1. The number of nitrogens with two attached hydrogens (primary N) is 1. The summed E-state index contributed by atoms with van der Waals surface area (Å²) >= 11 is 0. The van der Waals surface area contributed by atoms with Crippen LogP contribution in [0.4, 0.5) is 0 Å². The molecule has 0 aromatic carbocycles. The van der Waals surface area contributed by atoms with Crippen LogP contribution in [0, 0.1) is 5.41 Å². The minimum absolute atomic E-state index is 0.106. The highest BCUT2D eigenvalue weighted by molar-refractivity contribution is 5.55. The summed E-state index contributed by atoms with van der Waals surface area (Å²) in [6.45, 7) is 8.15. The van der Waals surface area contributed by atoms with Crippen molar-refractivity contribution in [2.45, 2.75) is 40.2 Å². The van der Waals surface area contributed by atoms with Crippen molar-refractivity contribution in [3.63, 3.8) is 0 Å². The minimum Gasteiger partial charge on any atom is -0.469 e. The number of aromatic nitrogens is 2. The monoisotopic (exact) mass is 249 g/mol. The van der Waals surface area contributed by atoms with Gasteiger partial charge < -0.3 is 14.7 Å². The van der Waals surface area contributed by atoms with E-state index in [0.717, 1.165) is 17.7 Å². The van der Waals surface area contributed by atoms with E-state index in [4.69, 9.17) is 14.7 Å². The van der Waals surface area contributed by atoms with Gasteiger partial charge in [-0.3, -0.25) is 0 Å². The number of aryl methyl sites for hydroxylation is 1. The van der Waals surface area contributed by atoms with Crippen LogP contribution in [0.1, 0.15) is 45.3 Å². The van der Waals surface area contributed by atoms with Gasteiger partial charge in [0.15, 0.2) is 5.82 Å². The van der Waals surface area contributed by atoms with Gasteiger partial charge in [0.25, 0.3) is 5.89 Å². The molecular formula is C13H19N3O2. The predicted molar refractivity (Wildman–Crippen MR) is 67.8 cm³/mol. The first kappa shape index (κ1) is 12.8. The highest BCUT2D eigenvalue weighted by atomic mass is 16.5. The van der Waals surface area contributed by atoms with E-state index in [9.17, 15) is 0 Å². The highest BCUT2D eigenvalue weighted by Crippen LogP contribution is 2.31. The summed E-state index contributed by atoms with van der Waals surface area (Å²) in [5, 5.41) is 3.96. The zero-order chi connectivity index (χ0) is 13.3. The Kier molecular flexibility index (Phi) is 3.26. The molecule has 0 aliphatic heterocycles. The van der Waals surface area contributed by atoms with Crippen LogP contribution in [-0.4, -0.2) is 10.1 Å². The molecule has 2 heterocycles. The van der Waals surface area contributed by atoms with Crippen molar-refractivity contribution < 1.29 is 8.94 Å². The van der Waals surface area contributed by atoms with E-state index in [1.165, 1.54) is 0 Å². The maximum absolute atomic E-state index is 6.10. The van der Waals surface area contributed by atoms with Crippen molar-refractivity contribution in [3.05, 3.63) is 23.9 Å². The molecule has 0 radical (unpaired) electrons. The van der Waals surface area contributed by atoms with Gasteiger partial charge in [0.05, 0.1) is 17.9 Å². The number of hydrogen-bond donors (Lipinski definition) is 1. The van der Waals surface area contributed by atoms with Crippen molar-refractivity contribution >= 4 is 0 Å². The van der Waals surface area contributed by atoms with Crippen LogP contribution < -0.4 is 5.73 Å². The molecule has 0 aliphatic rings. The van der Waals surface area contributed by atoms with Crippen LogP contribution in [0.25, 0.3) is 11.5 Å². The quantitative estimate of drug-likeness (QED) is 0.904. The first-order valence-electron chi connectivity index (χ1n) is 6.09. The highest BCUT2D eigenvalue weighted by Gasteiger charge is 2.27. The van der Waals surface area contributed by atoms with Gasteiger partial charge in [-0.15, -0.1) is 0 Å². The molecule has 0 amide bonds. The summed E-state index contributed by atoms with van der Waals surface area (Å²) in [4.78, 5) is 4.36. The molecule has 1 atom stereocenters. The number of rotatable bonds is 3. The van der Waals surface area contributed by atoms with Crippen molar-refractivity contribution in [2.75, 3.05) is 0 Å². The molecule has 0 spiro atoms. The first-order valence-corrected chi connectivity index (χ1v) is 6.09. The van der Waals surface area contributed by atoms with Gasteiger partial charge in [-0.05, 0) is 11.5 Å². The molecule has 2 rings (SSSR count). The lowest BCUT2D eigenvalue weighted by Gasteiger charge is -2.23. The van der Waals surface area contributed by atoms with Crippen LogP contribution in [0.3, 0.4) is 0 Å². The van der Waals surface area contributed by atoms with Crippen LogP contribution >= 0.6 is 0 Å². The molecule has 5 nitrogen and oxygen atoms in total. The third kappa shape index (κ3) is 2.31. The first-order chi connectivity index (χ1) is 8.43. The summed E-state index contributed by atoms with van der Waals surface area (Å²) in [6.07, 6.45) is 2.41. The third-order valence-electron chi connectivity index (χ3n) is 2.95. The van der Waals surface area contributed by atoms with Gasteiger partial charge in [0.2, 0.25) is 0 Å². The summed E-state index contributed by atoms with van der Waals surface area (Å²) in [5.41, 5.74) is 6.84. The molecule has 0 saturated carbocycles. The molecule has 0 bridgehead atoms. The number of hydrogen-bond acceptors (Lipinski definition) is 5. The fourth-order valence-corrected chi connectivity index (χ4v) is 1.66. The number of furan rings is 1. The fraction of sp³-hybridized carbons (Fsp3) is 0.538. The summed E-state index contributed by atoms with van der Waals surface area (Å²) in [5.74, 6) is 1.84. The maximum Gasteiger partial charge on any atom is 0.261 e. The van der Waals surface area contributed by atoms with E-state index >= 15 is 0 Å². The molecular weight excluding hydrogens is 230 g/mol. The second kappa shape index (κ2) is 4.57.